The summed E-state index contributed by atoms with van der Waals surface area (Å²) in [5.41, 5.74) is 3.05. The summed E-state index contributed by atoms with van der Waals surface area (Å²) in [6.45, 7) is 1.52. The molecule has 26 heavy (non-hydrogen) atoms. The Morgan fingerprint density at radius 1 is 1.23 bits per heavy atom. The third-order valence-electron chi connectivity index (χ3n) is 5.57. The van der Waals surface area contributed by atoms with Gasteiger partial charge in [-0.05, 0) is 37.7 Å². The molecule has 0 amide bonds. The molecular formula is C18H21N7O. The average Bonchev–Trinajstić information content (AvgIpc) is 3.36. The van der Waals surface area contributed by atoms with E-state index < -0.39 is 0 Å². The Hall–Kier alpha value is -2.77. The largest absolute Gasteiger partial charge is 0.351 e. The number of nitrogens with zero attached hydrogens (tertiary/aromatic N) is 7. The molecule has 1 aliphatic heterocycles. The first-order valence-corrected chi connectivity index (χ1v) is 9.20. The standard InChI is InChI=1S/C18H21N7O/c1-23-17-14(9-21-23)18(20-11-19-17)24-7-3-5-13(24)10-25-16(26)8-12-4-2-6-15(12)22-25/h8-9,11,13H,2-7,10H2,1H3. The minimum atomic E-state index is 0.00622. The topological polar surface area (TPSA) is 81.7 Å². The first-order valence-electron chi connectivity index (χ1n) is 9.20. The van der Waals surface area contributed by atoms with Gasteiger partial charge in [0.15, 0.2) is 5.65 Å². The number of anilines is 1. The van der Waals surface area contributed by atoms with Crippen LogP contribution < -0.4 is 10.5 Å². The Morgan fingerprint density at radius 3 is 3.08 bits per heavy atom. The molecule has 0 radical (unpaired) electrons. The molecule has 1 aliphatic carbocycles. The molecule has 4 heterocycles. The zero-order chi connectivity index (χ0) is 17.7. The molecule has 1 atom stereocenters. The average molecular weight is 351 g/mol. The molecule has 2 aliphatic rings. The normalized spacial score (nSPS) is 19.4. The monoisotopic (exact) mass is 351 g/mol. The van der Waals surface area contributed by atoms with Crippen molar-refractivity contribution in [3.05, 3.63) is 40.2 Å². The van der Waals surface area contributed by atoms with Gasteiger partial charge in [0, 0.05) is 19.7 Å². The molecule has 3 aromatic rings. The lowest BCUT2D eigenvalue weighted by atomic mass is 10.2. The summed E-state index contributed by atoms with van der Waals surface area (Å²) in [5.74, 6) is 0.903. The third kappa shape index (κ3) is 2.40. The van der Waals surface area contributed by atoms with Gasteiger partial charge in [-0.25, -0.2) is 14.6 Å². The van der Waals surface area contributed by atoms with Crippen LogP contribution in [-0.4, -0.2) is 42.1 Å². The van der Waals surface area contributed by atoms with Crippen molar-refractivity contribution >= 4 is 16.9 Å². The van der Waals surface area contributed by atoms with Gasteiger partial charge in [0.05, 0.1) is 29.9 Å². The number of aryl methyl sites for hydroxylation is 3. The molecule has 8 nitrogen and oxygen atoms in total. The number of hydrogen-bond acceptors (Lipinski definition) is 6. The van der Waals surface area contributed by atoms with Crippen molar-refractivity contribution in [3.63, 3.8) is 0 Å². The second-order valence-electron chi connectivity index (χ2n) is 7.18. The summed E-state index contributed by atoms with van der Waals surface area (Å²) < 4.78 is 3.41. The number of hydrogen-bond donors (Lipinski definition) is 0. The summed E-state index contributed by atoms with van der Waals surface area (Å²) in [4.78, 5) is 23.6. The zero-order valence-electron chi connectivity index (χ0n) is 14.8. The first kappa shape index (κ1) is 15.5. The molecule has 8 heteroatoms. The highest BCUT2D eigenvalue weighted by Crippen LogP contribution is 2.29. The zero-order valence-corrected chi connectivity index (χ0v) is 14.8. The van der Waals surface area contributed by atoms with E-state index in [0.29, 0.717) is 6.54 Å². The van der Waals surface area contributed by atoms with E-state index in [0.717, 1.165) is 66.8 Å². The highest BCUT2D eigenvalue weighted by atomic mass is 16.1. The molecule has 0 N–H and O–H groups in total. The Bertz CT molecular complexity index is 1040. The minimum Gasteiger partial charge on any atom is -0.351 e. The fourth-order valence-electron chi connectivity index (χ4n) is 4.25. The summed E-state index contributed by atoms with van der Waals surface area (Å²) in [6, 6.07) is 1.98. The Balaban J connectivity index is 1.49. The smallest absolute Gasteiger partial charge is 0.267 e. The van der Waals surface area contributed by atoms with Crippen molar-refractivity contribution < 1.29 is 0 Å². The minimum absolute atomic E-state index is 0.00622. The van der Waals surface area contributed by atoms with Crippen LogP contribution in [0.5, 0.6) is 0 Å². The van der Waals surface area contributed by atoms with Crippen LogP contribution >= 0.6 is 0 Å². The highest BCUT2D eigenvalue weighted by molar-refractivity contribution is 5.86. The Kier molecular flexibility index (Phi) is 3.51. The van der Waals surface area contributed by atoms with Crippen LogP contribution in [0.1, 0.15) is 30.5 Å². The van der Waals surface area contributed by atoms with Gasteiger partial charge in [-0.15, -0.1) is 0 Å². The quantitative estimate of drug-likeness (QED) is 0.702. The van der Waals surface area contributed by atoms with Crippen LogP contribution in [0.2, 0.25) is 0 Å². The van der Waals surface area contributed by atoms with E-state index in [1.54, 1.807) is 21.8 Å². The van der Waals surface area contributed by atoms with Gasteiger partial charge in [-0.3, -0.25) is 9.48 Å². The molecule has 3 aromatic heterocycles. The van der Waals surface area contributed by atoms with E-state index in [-0.39, 0.29) is 11.6 Å². The maximum absolute atomic E-state index is 12.5. The molecule has 134 valence electrons. The Labute approximate surface area is 150 Å². The van der Waals surface area contributed by atoms with Gasteiger partial charge >= 0.3 is 0 Å². The van der Waals surface area contributed by atoms with Gasteiger partial charge in [0.25, 0.3) is 5.56 Å². The van der Waals surface area contributed by atoms with Gasteiger partial charge in [0.1, 0.15) is 12.1 Å². The second-order valence-corrected chi connectivity index (χ2v) is 7.18. The lowest BCUT2D eigenvalue weighted by Crippen LogP contribution is -2.38. The van der Waals surface area contributed by atoms with Gasteiger partial charge in [-0.2, -0.15) is 10.2 Å². The maximum Gasteiger partial charge on any atom is 0.267 e. The molecule has 1 unspecified atom stereocenters. The second kappa shape index (κ2) is 5.89. The van der Waals surface area contributed by atoms with Gasteiger partial charge in [-0.1, -0.05) is 0 Å². The van der Waals surface area contributed by atoms with Crippen LogP contribution in [0, 0.1) is 0 Å². The van der Waals surface area contributed by atoms with Crippen molar-refractivity contribution in [2.24, 2.45) is 7.05 Å². The lowest BCUT2D eigenvalue weighted by Gasteiger charge is -2.26. The van der Waals surface area contributed by atoms with Crippen molar-refractivity contribution in [2.75, 3.05) is 11.4 Å². The summed E-state index contributed by atoms with van der Waals surface area (Å²) >= 11 is 0. The molecule has 0 bridgehead atoms. The summed E-state index contributed by atoms with van der Waals surface area (Å²) in [5, 5.41) is 9.90. The lowest BCUT2D eigenvalue weighted by molar-refractivity contribution is 0.482. The number of aromatic nitrogens is 6. The van der Waals surface area contributed by atoms with Crippen LogP contribution in [-0.2, 0) is 26.4 Å². The van der Waals surface area contributed by atoms with Crippen molar-refractivity contribution in [3.8, 4) is 0 Å². The summed E-state index contributed by atoms with van der Waals surface area (Å²) in [7, 11) is 1.88. The van der Waals surface area contributed by atoms with E-state index >= 15 is 0 Å². The fraction of sp³-hybridized carbons (Fsp3) is 0.500. The van der Waals surface area contributed by atoms with Gasteiger partial charge in [0.2, 0.25) is 0 Å². The van der Waals surface area contributed by atoms with Crippen LogP contribution in [0.15, 0.2) is 23.4 Å². The molecule has 1 saturated heterocycles. The van der Waals surface area contributed by atoms with Crippen LogP contribution in [0.25, 0.3) is 11.0 Å². The highest BCUT2D eigenvalue weighted by Gasteiger charge is 2.29. The fourth-order valence-corrected chi connectivity index (χ4v) is 4.25. The number of fused-ring (bicyclic) bond motifs is 2. The van der Waals surface area contributed by atoms with Gasteiger partial charge < -0.3 is 4.90 Å². The predicted octanol–water partition coefficient (Wildman–Crippen LogP) is 1.08. The van der Waals surface area contributed by atoms with Crippen molar-refractivity contribution in [1.82, 2.24) is 29.5 Å². The molecule has 0 spiro atoms. The Morgan fingerprint density at radius 2 is 2.15 bits per heavy atom. The van der Waals surface area contributed by atoms with E-state index in [1.807, 2.05) is 13.2 Å². The SMILES string of the molecule is Cn1ncc2c(N3CCCC3Cn3nc4c(cc3=O)CCC4)ncnc21. The predicted molar refractivity (Wildman–Crippen MR) is 97.2 cm³/mol. The number of rotatable bonds is 3. The van der Waals surface area contributed by atoms with E-state index in [2.05, 4.69) is 25.1 Å². The molecular weight excluding hydrogens is 330 g/mol. The maximum atomic E-state index is 12.5. The molecule has 0 saturated carbocycles. The van der Waals surface area contributed by atoms with E-state index in [4.69, 9.17) is 0 Å². The summed E-state index contributed by atoms with van der Waals surface area (Å²) in [6.07, 6.45) is 8.57. The third-order valence-corrected chi connectivity index (χ3v) is 5.57. The molecule has 0 aromatic carbocycles. The van der Waals surface area contributed by atoms with Crippen LogP contribution in [0.3, 0.4) is 0 Å². The van der Waals surface area contributed by atoms with E-state index in [9.17, 15) is 4.79 Å². The first-order chi connectivity index (χ1) is 12.7. The van der Waals surface area contributed by atoms with Crippen molar-refractivity contribution in [2.45, 2.75) is 44.7 Å². The molecule has 1 fully saturated rings. The van der Waals surface area contributed by atoms with Crippen LogP contribution in [0.4, 0.5) is 5.82 Å². The van der Waals surface area contributed by atoms with Crippen molar-refractivity contribution in [1.29, 1.82) is 0 Å². The van der Waals surface area contributed by atoms with E-state index in [1.165, 1.54) is 0 Å². The molecule has 5 rings (SSSR count).